The lowest BCUT2D eigenvalue weighted by Crippen LogP contribution is -1.97. The van der Waals surface area contributed by atoms with Crippen LogP contribution in [0.1, 0.15) is 31.9 Å². The summed E-state index contributed by atoms with van der Waals surface area (Å²) in [5, 5.41) is 0. The molecule has 0 radical (unpaired) electrons. The fourth-order valence-corrected chi connectivity index (χ4v) is 1.90. The van der Waals surface area contributed by atoms with E-state index in [1.165, 1.54) is 0 Å². The average Bonchev–Trinajstić information content (AvgIpc) is 2.63. The van der Waals surface area contributed by atoms with Crippen molar-refractivity contribution >= 4 is 21.7 Å². The lowest BCUT2D eigenvalue weighted by Gasteiger charge is -2.06. The van der Waals surface area contributed by atoms with Crippen molar-refractivity contribution in [2.45, 2.75) is 26.2 Å². The van der Waals surface area contributed by atoms with Gasteiger partial charge in [0.05, 0.1) is 11.2 Å². The van der Waals surface area contributed by atoms with Crippen LogP contribution in [0.2, 0.25) is 0 Å². The Morgan fingerprint density at radius 2 is 2.23 bits per heavy atom. The summed E-state index contributed by atoms with van der Waals surface area (Å²) >= 11 is 1.57. The maximum atomic E-state index is 4.28. The van der Waals surface area contributed by atoms with E-state index >= 15 is 0 Å². The molecule has 2 aromatic rings. The fourth-order valence-electron chi connectivity index (χ4n) is 1.27. The highest BCUT2D eigenvalue weighted by atomic mass is 32.1. The van der Waals surface area contributed by atoms with E-state index in [0.717, 1.165) is 22.5 Å². The Kier molecular flexibility index (Phi) is 2.22. The standard InChI is InChI=1S/C9H11N3S/c1-3-6(2)7-8-9(11-4-10-7)13-5-12-8/h4-6H,3H2,1-2H3. The monoisotopic (exact) mass is 193 g/mol. The van der Waals surface area contributed by atoms with Crippen LogP contribution in [-0.4, -0.2) is 15.0 Å². The zero-order chi connectivity index (χ0) is 9.26. The first-order valence-corrected chi connectivity index (χ1v) is 5.25. The maximum Gasteiger partial charge on any atom is 0.146 e. The molecule has 3 nitrogen and oxygen atoms in total. The van der Waals surface area contributed by atoms with Crippen LogP contribution in [0.25, 0.3) is 10.3 Å². The SMILES string of the molecule is CCC(C)c1ncnc2scnc12. The van der Waals surface area contributed by atoms with Gasteiger partial charge in [0.25, 0.3) is 0 Å². The normalized spacial score (nSPS) is 13.4. The molecule has 0 N–H and O–H groups in total. The predicted molar refractivity (Wildman–Crippen MR) is 53.9 cm³/mol. The Hall–Kier alpha value is -1.03. The molecule has 0 aromatic carbocycles. The molecule has 0 saturated carbocycles. The van der Waals surface area contributed by atoms with Crippen LogP contribution in [0.4, 0.5) is 0 Å². The third kappa shape index (κ3) is 1.42. The largest absolute Gasteiger partial charge is 0.241 e. The highest BCUT2D eigenvalue weighted by Gasteiger charge is 2.11. The Balaban J connectivity index is 2.60. The van der Waals surface area contributed by atoms with Gasteiger partial charge in [-0.05, 0) is 6.42 Å². The van der Waals surface area contributed by atoms with E-state index in [-0.39, 0.29) is 0 Å². The number of hydrogen-bond acceptors (Lipinski definition) is 4. The van der Waals surface area contributed by atoms with Crippen molar-refractivity contribution in [3.05, 3.63) is 17.5 Å². The molecule has 0 amide bonds. The van der Waals surface area contributed by atoms with Gasteiger partial charge in [-0.1, -0.05) is 13.8 Å². The van der Waals surface area contributed by atoms with E-state index in [1.807, 2.05) is 5.51 Å². The fraction of sp³-hybridized carbons (Fsp3) is 0.444. The molecule has 1 unspecified atom stereocenters. The van der Waals surface area contributed by atoms with E-state index in [4.69, 9.17) is 0 Å². The summed E-state index contributed by atoms with van der Waals surface area (Å²) in [7, 11) is 0. The minimum absolute atomic E-state index is 0.465. The van der Waals surface area contributed by atoms with Gasteiger partial charge in [0.15, 0.2) is 0 Å². The summed E-state index contributed by atoms with van der Waals surface area (Å²) in [4.78, 5) is 13.7. The molecule has 0 saturated heterocycles. The van der Waals surface area contributed by atoms with Crippen molar-refractivity contribution < 1.29 is 0 Å². The lowest BCUT2D eigenvalue weighted by atomic mass is 10.0. The molecule has 2 heterocycles. The summed E-state index contributed by atoms with van der Waals surface area (Å²) in [6.45, 7) is 4.33. The summed E-state index contributed by atoms with van der Waals surface area (Å²) < 4.78 is 0. The second-order valence-electron chi connectivity index (χ2n) is 3.07. The molecule has 13 heavy (non-hydrogen) atoms. The highest BCUT2D eigenvalue weighted by Crippen LogP contribution is 2.24. The van der Waals surface area contributed by atoms with Crippen LogP contribution in [0.15, 0.2) is 11.8 Å². The zero-order valence-electron chi connectivity index (χ0n) is 7.69. The number of thiazole rings is 1. The zero-order valence-corrected chi connectivity index (χ0v) is 8.51. The molecule has 0 aliphatic carbocycles. The first-order valence-electron chi connectivity index (χ1n) is 4.37. The van der Waals surface area contributed by atoms with Gasteiger partial charge < -0.3 is 0 Å². The first-order chi connectivity index (χ1) is 6.33. The molecule has 0 spiro atoms. The van der Waals surface area contributed by atoms with Gasteiger partial charge in [-0.15, -0.1) is 11.3 Å². The van der Waals surface area contributed by atoms with E-state index in [2.05, 4.69) is 28.8 Å². The minimum Gasteiger partial charge on any atom is -0.241 e. The molecule has 1 atom stereocenters. The molecule has 0 fully saturated rings. The van der Waals surface area contributed by atoms with Crippen molar-refractivity contribution in [2.24, 2.45) is 0 Å². The van der Waals surface area contributed by atoms with Gasteiger partial charge in [0, 0.05) is 5.92 Å². The maximum absolute atomic E-state index is 4.28. The van der Waals surface area contributed by atoms with Crippen molar-refractivity contribution in [3.63, 3.8) is 0 Å². The van der Waals surface area contributed by atoms with E-state index in [9.17, 15) is 0 Å². The van der Waals surface area contributed by atoms with Crippen molar-refractivity contribution in [1.82, 2.24) is 15.0 Å². The number of hydrogen-bond donors (Lipinski definition) is 0. The Morgan fingerprint density at radius 3 is 3.00 bits per heavy atom. The number of aromatic nitrogens is 3. The van der Waals surface area contributed by atoms with Gasteiger partial charge >= 0.3 is 0 Å². The van der Waals surface area contributed by atoms with Crippen LogP contribution >= 0.6 is 11.3 Å². The topological polar surface area (TPSA) is 38.7 Å². The van der Waals surface area contributed by atoms with Crippen LogP contribution in [-0.2, 0) is 0 Å². The third-order valence-electron chi connectivity index (χ3n) is 2.24. The Labute approximate surface area is 80.9 Å². The van der Waals surface area contributed by atoms with E-state index < -0.39 is 0 Å². The van der Waals surface area contributed by atoms with Crippen molar-refractivity contribution in [1.29, 1.82) is 0 Å². The van der Waals surface area contributed by atoms with Crippen molar-refractivity contribution in [3.8, 4) is 0 Å². The Morgan fingerprint density at radius 1 is 1.38 bits per heavy atom. The summed E-state index contributed by atoms with van der Waals surface area (Å²) in [6, 6.07) is 0. The molecule has 0 aliphatic rings. The van der Waals surface area contributed by atoms with E-state index in [1.54, 1.807) is 17.7 Å². The molecule has 4 heteroatoms. The van der Waals surface area contributed by atoms with Crippen LogP contribution in [0, 0.1) is 0 Å². The highest BCUT2D eigenvalue weighted by molar-refractivity contribution is 7.16. The molecular formula is C9H11N3S. The molecule has 2 rings (SSSR count). The Bertz CT molecular complexity index is 410. The molecule has 0 aliphatic heterocycles. The predicted octanol–water partition coefficient (Wildman–Crippen LogP) is 2.60. The van der Waals surface area contributed by atoms with Crippen LogP contribution < -0.4 is 0 Å². The number of rotatable bonds is 2. The third-order valence-corrected chi connectivity index (χ3v) is 2.98. The van der Waals surface area contributed by atoms with Crippen molar-refractivity contribution in [2.75, 3.05) is 0 Å². The quantitative estimate of drug-likeness (QED) is 0.735. The van der Waals surface area contributed by atoms with Gasteiger partial charge in [-0.25, -0.2) is 15.0 Å². The summed E-state index contributed by atoms with van der Waals surface area (Å²) in [5.74, 6) is 0.465. The van der Waals surface area contributed by atoms with Crippen LogP contribution in [0.3, 0.4) is 0 Å². The number of nitrogens with zero attached hydrogens (tertiary/aromatic N) is 3. The molecule has 2 aromatic heterocycles. The van der Waals surface area contributed by atoms with Gasteiger partial charge in [0.1, 0.15) is 16.7 Å². The smallest absolute Gasteiger partial charge is 0.146 e. The molecule has 0 bridgehead atoms. The van der Waals surface area contributed by atoms with Crippen LogP contribution in [0.5, 0.6) is 0 Å². The summed E-state index contributed by atoms with van der Waals surface area (Å²) in [5.41, 5.74) is 3.88. The molecule has 68 valence electrons. The molecular weight excluding hydrogens is 182 g/mol. The first kappa shape index (κ1) is 8.56. The lowest BCUT2D eigenvalue weighted by molar-refractivity contribution is 0.711. The minimum atomic E-state index is 0.465. The second-order valence-corrected chi connectivity index (χ2v) is 3.91. The van der Waals surface area contributed by atoms with Gasteiger partial charge in [-0.3, -0.25) is 0 Å². The van der Waals surface area contributed by atoms with E-state index in [0.29, 0.717) is 5.92 Å². The summed E-state index contributed by atoms with van der Waals surface area (Å²) in [6.07, 6.45) is 2.71. The second kappa shape index (κ2) is 3.38. The van der Waals surface area contributed by atoms with Gasteiger partial charge in [-0.2, -0.15) is 0 Å². The van der Waals surface area contributed by atoms with Gasteiger partial charge in [0.2, 0.25) is 0 Å². The number of fused-ring (bicyclic) bond motifs is 1. The average molecular weight is 193 g/mol.